The summed E-state index contributed by atoms with van der Waals surface area (Å²) >= 11 is 10.9. The fourth-order valence-corrected chi connectivity index (χ4v) is 7.74. The van der Waals surface area contributed by atoms with Crippen LogP contribution in [0.1, 0.15) is 18.6 Å². The van der Waals surface area contributed by atoms with Gasteiger partial charge in [-0.1, -0.05) is 58.5 Å². The van der Waals surface area contributed by atoms with Crippen LogP contribution in [0.25, 0.3) is 41.7 Å². The van der Waals surface area contributed by atoms with Gasteiger partial charge in [-0.2, -0.15) is 0 Å². The molecule has 0 atom stereocenters. The molecular weight excluding hydrogens is 700 g/mol. The van der Waals surface area contributed by atoms with Crippen LogP contribution in [0, 0.1) is 22.9 Å². The van der Waals surface area contributed by atoms with Gasteiger partial charge in [0.05, 0.1) is 0 Å². The molecule has 2 aromatic heterocycles. The fourth-order valence-electron chi connectivity index (χ4n) is 4.16. The van der Waals surface area contributed by atoms with Crippen molar-refractivity contribution in [3.8, 4) is 22.9 Å². The van der Waals surface area contributed by atoms with Crippen molar-refractivity contribution >= 4 is 112 Å². The van der Waals surface area contributed by atoms with Gasteiger partial charge in [-0.05, 0) is 136 Å². The van der Waals surface area contributed by atoms with Crippen molar-refractivity contribution in [1.82, 2.24) is 0 Å². The van der Waals surface area contributed by atoms with Crippen LogP contribution in [0.3, 0.4) is 0 Å². The SMILES string of the molecule is C.C[Si](C)(C)C#Cc1cc2cc(C#C[Si](C)(C)C)c(Br)cc2cc1Br.c1cc2cc3cc4ccsc4cc3cc2s1. The topological polar surface area (TPSA) is 0 Å². The molecule has 6 heteroatoms. The lowest BCUT2D eigenvalue weighted by Gasteiger charge is -2.08. The van der Waals surface area contributed by atoms with Gasteiger partial charge in [0.1, 0.15) is 16.1 Å². The highest BCUT2D eigenvalue weighted by molar-refractivity contribution is 9.10. The molecule has 6 aromatic rings. The van der Waals surface area contributed by atoms with E-state index in [9.17, 15) is 0 Å². The van der Waals surface area contributed by atoms with E-state index in [1.807, 2.05) is 22.7 Å². The fraction of sp³-hybridized carbons (Fsp3) is 0.200. The molecule has 0 aliphatic rings. The summed E-state index contributed by atoms with van der Waals surface area (Å²) in [6, 6.07) is 22.2. The standard InChI is InChI=1S/C20H22Br2Si2.C14H8S2.CH4/c1-23(2,3)9-7-15-11-17-12-16(8-10-24(4,5)6)20(22)14-18(17)13-19(15)21;1-3-15-13-7-12-8-14-10(2-4-16-14)6-11(12)5-9(1)13;/h11-14H,1-6H3;1-8H;1H4. The molecule has 6 rings (SSSR count). The van der Waals surface area contributed by atoms with Gasteiger partial charge in [0, 0.05) is 29.5 Å². The molecule has 0 nitrogen and oxygen atoms in total. The first-order chi connectivity index (χ1) is 18.8. The van der Waals surface area contributed by atoms with E-state index in [1.54, 1.807) is 0 Å². The van der Waals surface area contributed by atoms with E-state index in [1.165, 1.54) is 41.7 Å². The Bertz CT molecular complexity index is 1810. The summed E-state index contributed by atoms with van der Waals surface area (Å²) in [6.07, 6.45) is 0. The summed E-state index contributed by atoms with van der Waals surface area (Å²) < 4.78 is 4.86. The highest BCUT2D eigenvalue weighted by atomic mass is 79.9. The molecule has 0 unspecified atom stereocenters. The van der Waals surface area contributed by atoms with Gasteiger partial charge in [0.15, 0.2) is 0 Å². The summed E-state index contributed by atoms with van der Waals surface area (Å²) in [5, 5.41) is 12.1. The van der Waals surface area contributed by atoms with Gasteiger partial charge in [-0.3, -0.25) is 0 Å². The Balaban J connectivity index is 0.000000196. The van der Waals surface area contributed by atoms with Gasteiger partial charge in [-0.15, -0.1) is 33.8 Å². The predicted octanol–water partition coefficient (Wildman–Crippen LogP) is 12.7. The first-order valence-corrected chi connectivity index (χ1v) is 23.5. The van der Waals surface area contributed by atoms with Crippen LogP contribution in [0.2, 0.25) is 39.3 Å². The highest BCUT2D eigenvalue weighted by Gasteiger charge is 2.11. The highest BCUT2D eigenvalue weighted by Crippen LogP contribution is 2.32. The maximum absolute atomic E-state index is 3.66. The van der Waals surface area contributed by atoms with Crippen LogP contribution in [0.5, 0.6) is 0 Å². The molecule has 0 bridgehead atoms. The van der Waals surface area contributed by atoms with Gasteiger partial charge >= 0.3 is 0 Å². The number of hydrogen-bond acceptors (Lipinski definition) is 2. The number of fused-ring (bicyclic) bond motifs is 4. The third kappa shape index (κ3) is 8.02. The van der Waals surface area contributed by atoms with Crippen molar-refractivity contribution in [1.29, 1.82) is 0 Å². The summed E-state index contributed by atoms with van der Waals surface area (Å²) in [5.74, 6) is 6.72. The normalized spacial score (nSPS) is 11.3. The maximum atomic E-state index is 3.66. The second-order valence-corrected chi connectivity index (χ2v) is 25.1. The Hall–Kier alpha value is -2.17. The van der Waals surface area contributed by atoms with E-state index in [2.05, 4.69) is 165 Å². The Morgan fingerprint density at radius 3 is 1.29 bits per heavy atom. The predicted molar refractivity (Wildman–Crippen MR) is 201 cm³/mol. The Labute approximate surface area is 271 Å². The lowest BCUT2D eigenvalue weighted by Crippen LogP contribution is -2.16. The smallest absolute Gasteiger partial charge is 0.129 e. The third-order valence-electron chi connectivity index (χ3n) is 6.14. The minimum atomic E-state index is -1.39. The number of thiophene rings is 2. The molecule has 0 radical (unpaired) electrons. The molecule has 4 aromatic carbocycles. The lowest BCUT2D eigenvalue weighted by molar-refractivity contribution is 1.60. The Morgan fingerprint density at radius 1 is 0.512 bits per heavy atom. The van der Waals surface area contributed by atoms with Crippen LogP contribution >= 0.6 is 54.5 Å². The molecule has 2 heterocycles. The molecule has 0 saturated carbocycles. The number of hydrogen-bond donors (Lipinski definition) is 0. The van der Waals surface area contributed by atoms with Crippen molar-refractivity contribution < 1.29 is 0 Å². The second kappa shape index (κ2) is 12.6. The maximum Gasteiger partial charge on any atom is 0.129 e. The van der Waals surface area contributed by atoms with Crippen molar-refractivity contribution in [3.63, 3.8) is 0 Å². The zero-order valence-corrected chi connectivity index (χ0v) is 30.3. The van der Waals surface area contributed by atoms with Crippen molar-refractivity contribution in [2.75, 3.05) is 0 Å². The van der Waals surface area contributed by atoms with E-state index in [0.717, 1.165) is 20.1 Å². The van der Waals surface area contributed by atoms with E-state index in [0.29, 0.717) is 0 Å². The molecule has 0 aliphatic carbocycles. The summed E-state index contributed by atoms with van der Waals surface area (Å²) in [7, 11) is -2.78. The third-order valence-corrected chi connectivity index (χ3v) is 11.0. The monoisotopic (exact) mass is 732 g/mol. The average Bonchev–Trinajstić information content (AvgIpc) is 3.51. The quantitative estimate of drug-likeness (QED) is 0.108. The molecule has 41 heavy (non-hydrogen) atoms. The molecular formula is C35H34Br2S2Si2. The minimum absolute atomic E-state index is 0. The molecule has 0 aliphatic heterocycles. The number of rotatable bonds is 0. The molecule has 0 N–H and O–H groups in total. The van der Waals surface area contributed by atoms with Crippen LogP contribution in [0.15, 0.2) is 80.4 Å². The molecule has 0 fully saturated rings. The largest absolute Gasteiger partial charge is 0.144 e. The Morgan fingerprint density at radius 2 is 0.878 bits per heavy atom. The van der Waals surface area contributed by atoms with Crippen LogP contribution in [0.4, 0.5) is 0 Å². The summed E-state index contributed by atoms with van der Waals surface area (Å²) in [4.78, 5) is 0. The van der Waals surface area contributed by atoms with Gasteiger partial charge in [0.2, 0.25) is 0 Å². The van der Waals surface area contributed by atoms with Crippen molar-refractivity contribution in [2.24, 2.45) is 0 Å². The van der Waals surface area contributed by atoms with E-state index in [-0.39, 0.29) is 7.43 Å². The second-order valence-electron chi connectivity index (χ2n) is 12.0. The zero-order valence-electron chi connectivity index (χ0n) is 23.5. The van der Waals surface area contributed by atoms with Gasteiger partial charge < -0.3 is 0 Å². The first-order valence-electron chi connectivity index (χ1n) is 13.1. The van der Waals surface area contributed by atoms with Gasteiger partial charge in [-0.25, -0.2) is 0 Å². The summed E-state index contributed by atoms with van der Waals surface area (Å²) in [6.45, 7) is 13.6. The molecule has 0 spiro atoms. The molecule has 208 valence electrons. The van der Waals surface area contributed by atoms with E-state index < -0.39 is 16.1 Å². The van der Waals surface area contributed by atoms with Crippen molar-refractivity contribution in [2.45, 2.75) is 46.7 Å². The van der Waals surface area contributed by atoms with Gasteiger partial charge in [0.25, 0.3) is 0 Å². The summed E-state index contributed by atoms with van der Waals surface area (Å²) in [5.41, 5.74) is 8.99. The molecule has 0 saturated heterocycles. The van der Waals surface area contributed by atoms with Crippen LogP contribution in [-0.4, -0.2) is 16.1 Å². The Kier molecular flexibility index (Phi) is 9.76. The average molecular weight is 735 g/mol. The number of halogens is 2. The number of benzene rings is 4. The van der Waals surface area contributed by atoms with Crippen LogP contribution < -0.4 is 0 Å². The van der Waals surface area contributed by atoms with Crippen molar-refractivity contribution in [3.05, 3.63) is 91.5 Å². The minimum Gasteiger partial charge on any atom is -0.144 e. The van der Waals surface area contributed by atoms with E-state index in [4.69, 9.17) is 0 Å². The van der Waals surface area contributed by atoms with E-state index >= 15 is 0 Å². The zero-order chi connectivity index (χ0) is 28.7. The lowest BCUT2D eigenvalue weighted by atomic mass is 10.0. The first kappa shape index (κ1) is 31.8. The van der Waals surface area contributed by atoms with Crippen LogP contribution in [-0.2, 0) is 0 Å². The molecule has 0 amide bonds.